The van der Waals surface area contributed by atoms with Gasteiger partial charge >= 0.3 is 12.1 Å². The van der Waals surface area contributed by atoms with Crippen LogP contribution in [0, 0.1) is 12.3 Å². The maximum atomic E-state index is 11.5. The molecule has 5 heteroatoms. The summed E-state index contributed by atoms with van der Waals surface area (Å²) in [5.74, 6) is 1.86. The molecule has 0 saturated carbocycles. The van der Waals surface area contributed by atoms with Crippen LogP contribution < -0.4 is 5.32 Å². The Hall–Kier alpha value is -1.70. The van der Waals surface area contributed by atoms with Crippen molar-refractivity contribution in [2.45, 2.75) is 45.3 Å². The largest absolute Gasteiger partial charge is 0.467 e. The monoisotopic (exact) mass is 241 g/mol. The highest BCUT2D eigenvalue weighted by Crippen LogP contribution is 2.08. The van der Waals surface area contributed by atoms with Gasteiger partial charge in [-0.2, -0.15) is 0 Å². The number of carbonyl (C=O) groups is 2. The highest BCUT2D eigenvalue weighted by molar-refractivity contribution is 5.81. The molecule has 0 rings (SSSR count). The van der Waals surface area contributed by atoms with Gasteiger partial charge in [-0.05, 0) is 27.2 Å². The second-order valence-corrected chi connectivity index (χ2v) is 4.46. The van der Waals surface area contributed by atoms with Gasteiger partial charge in [-0.25, -0.2) is 9.59 Å². The van der Waals surface area contributed by atoms with Crippen molar-refractivity contribution < 1.29 is 19.1 Å². The minimum Gasteiger partial charge on any atom is -0.467 e. The maximum absolute atomic E-state index is 11.5. The molecule has 1 atom stereocenters. The number of carbonyl (C=O) groups excluding carboxylic acids is 2. The molecular weight excluding hydrogens is 222 g/mol. The second-order valence-electron chi connectivity index (χ2n) is 4.46. The number of amides is 1. The molecule has 5 nitrogen and oxygen atoms in total. The summed E-state index contributed by atoms with van der Waals surface area (Å²) in [4.78, 5) is 22.8. The number of terminal acetylenes is 1. The van der Waals surface area contributed by atoms with E-state index in [0.717, 1.165) is 0 Å². The normalized spacial score (nSPS) is 12.2. The van der Waals surface area contributed by atoms with Gasteiger partial charge in [0, 0.05) is 6.42 Å². The van der Waals surface area contributed by atoms with Crippen molar-refractivity contribution in [2.24, 2.45) is 0 Å². The van der Waals surface area contributed by atoms with E-state index in [9.17, 15) is 9.59 Å². The molecule has 0 unspecified atom stereocenters. The van der Waals surface area contributed by atoms with E-state index < -0.39 is 23.7 Å². The zero-order valence-electron chi connectivity index (χ0n) is 10.7. The minimum atomic E-state index is -0.772. The van der Waals surface area contributed by atoms with Crippen LogP contribution in [-0.4, -0.2) is 30.8 Å². The molecule has 0 aliphatic carbocycles. The quantitative estimate of drug-likeness (QED) is 0.598. The van der Waals surface area contributed by atoms with E-state index in [-0.39, 0.29) is 0 Å². The zero-order valence-corrected chi connectivity index (χ0v) is 10.7. The van der Waals surface area contributed by atoms with Gasteiger partial charge in [-0.3, -0.25) is 0 Å². The summed E-state index contributed by atoms with van der Waals surface area (Å²) in [6, 6.07) is -0.772. The van der Waals surface area contributed by atoms with E-state index in [4.69, 9.17) is 11.2 Å². The van der Waals surface area contributed by atoms with Gasteiger partial charge in [0.25, 0.3) is 0 Å². The third-order valence-electron chi connectivity index (χ3n) is 1.75. The molecular formula is C12H19NO4. The molecule has 0 aromatic carbocycles. The lowest BCUT2D eigenvalue weighted by atomic mass is 10.1. The first-order valence-corrected chi connectivity index (χ1v) is 5.31. The number of ether oxygens (including phenoxy) is 2. The minimum absolute atomic E-state index is 0.322. The van der Waals surface area contributed by atoms with Crippen molar-refractivity contribution in [3.63, 3.8) is 0 Å². The van der Waals surface area contributed by atoms with Crippen molar-refractivity contribution in [3.8, 4) is 12.3 Å². The highest BCUT2D eigenvalue weighted by atomic mass is 16.6. The highest BCUT2D eigenvalue weighted by Gasteiger charge is 2.24. The molecule has 1 N–H and O–H groups in total. The van der Waals surface area contributed by atoms with Crippen LogP contribution in [0.4, 0.5) is 4.79 Å². The van der Waals surface area contributed by atoms with Crippen LogP contribution in [0.25, 0.3) is 0 Å². The summed E-state index contributed by atoms with van der Waals surface area (Å²) in [5, 5.41) is 2.43. The van der Waals surface area contributed by atoms with Gasteiger partial charge in [0.1, 0.15) is 11.6 Å². The van der Waals surface area contributed by atoms with Gasteiger partial charge in [-0.15, -0.1) is 12.3 Å². The first-order chi connectivity index (χ1) is 7.80. The van der Waals surface area contributed by atoms with E-state index in [1.807, 2.05) is 0 Å². The number of esters is 1. The van der Waals surface area contributed by atoms with Gasteiger partial charge < -0.3 is 14.8 Å². The summed E-state index contributed by atoms with van der Waals surface area (Å²) in [6.07, 6.45) is 5.14. The SMILES string of the molecule is C#CCC[C@@H](NC(=O)OC(C)(C)C)C(=O)OC. The number of rotatable bonds is 4. The Labute approximate surface area is 102 Å². The lowest BCUT2D eigenvalue weighted by Crippen LogP contribution is -2.43. The summed E-state index contributed by atoms with van der Waals surface area (Å²) in [6.45, 7) is 5.21. The lowest BCUT2D eigenvalue weighted by molar-refractivity contribution is -0.143. The van der Waals surface area contributed by atoms with Crippen molar-refractivity contribution in [3.05, 3.63) is 0 Å². The van der Waals surface area contributed by atoms with Gasteiger partial charge in [0.15, 0.2) is 0 Å². The average Bonchev–Trinajstić information content (AvgIpc) is 2.20. The van der Waals surface area contributed by atoms with Gasteiger partial charge in [0.2, 0.25) is 0 Å². The molecule has 0 heterocycles. The lowest BCUT2D eigenvalue weighted by Gasteiger charge is -2.22. The van der Waals surface area contributed by atoms with E-state index in [1.165, 1.54) is 7.11 Å². The Kier molecular flexibility index (Phi) is 6.11. The summed E-state index contributed by atoms with van der Waals surface area (Å²) < 4.78 is 9.60. The van der Waals surface area contributed by atoms with Gasteiger partial charge in [-0.1, -0.05) is 0 Å². The number of hydrogen-bond donors (Lipinski definition) is 1. The predicted octanol–water partition coefficient (Wildman–Crippen LogP) is 1.47. The van der Waals surface area contributed by atoms with Gasteiger partial charge in [0.05, 0.1) is 7.11 Å². The van der Waals surface area contributed by atoms with E-state index >= 15 is 0 Å². The van der Waals surface area contributed by atoms with Crippen molar-refractivity contribution in [1.82, 2.24) is 5.32 Å². The molecule has 0 radical (unpaired) electrons. The Balaban J connectivity index is 4.38. The molecule has 96 valence electrons. The molecule has 0 saturated heterocycles. The first-order valence-electron chi connectivity index (χ1n) is 5.31. The van der Waals surface area contributed by atoms with Crippen LogP contribution in [0.3, 0.4) is 0 Å². The Morgan fingerprint density at radius 2 is 2.00 bits per heavy atom. The molecule has 0 aromatic rings. The third-order valence-corrected chi connectivity index (χ3v) is 1.75. The van der Waals surface area contributed by atoms with Crippen LogP contribution in [0.1, 0.15) is 33.6 Å². The van der Waals surface area contributed by atoms with Crippen LogP contribution in [-0.2, 0) is 14.3 Å². The van der Waals surface area contributed by atoms with E-state index in [0.29, 0.717) is 12.8 Å². The van der Waals surface area contributed by atoms with E-state index in [2.05, 4.69) is 16.0 Å². The predicted molar refractivity (Wildman–Crippen MR) is 63.2 cm³/mol. The first kappa shape index (κ1) is 15.3. The van der Waals surface area contributed by atoms with Crippen LogP contribution >= 0.6 is 0 Å². The van der Waals surface area contributed by atoms with Crippen molar-refractivity contribution >= 4 is 12.1 Å². The second kappa shape index (κ2) is 6.79. The fourth-order valence-corrected chi connectivity index (χ4v) is 1.07. The Morgan fingerprint density at radius 3 is 2.41 bits per heavy atom. The average molecular weight is 241 g/mol. The summed E-state index contributed by atoms with van der Waals surface area (Å²) in [7, 11) is 1.25. The summed E-state index contributed by atoms with van der Waals surface area (Å²) >= 11 is 0. The maximum Gasteiger partial charge on any atom is 0.408 e. The fraction of sp³-hybridized carbons (Fsp3) is 0.667. The standard InChI is InChI=1S/C12H19NO4/c1-6-7-8-9(10(14)16-5)13-11(15)17-12(2,3)4/h1,9H,7-8H2,2-5H3,(H,13,15)/t9-/m1/s1. The van der Waals surface area contributed by atoms with Crippen LogP contribution in [0.15, 0.2) is 0 Å². The van der Waals surface area contributed by atoms with Crippen LogP contribution in [0.2, 0.25) is 0 Å². The van der Waals surface area contributed by atoms with Crippen molar-refractivity contribution in [2.75, 3.05) is 7.11 Å². The number of alkyl carbamates (subject to hydrolysis) is 1. The Morgan fingerprint density at radius 1 is 1.41 bits per heavy atom. The molecule has 0 spiro atoms. The molecule has 1 amide bonds. The molecule has 0 aromatic heterocycles. The van der Waals surface area contributed by atoms with E-state index in [1.54, 1.807) is 20.8 Å². The molecule has 17 heavy (non-hydrogen) atoms. The molecule has 0 aliphatic heterocycles. The third kappa shape index (κ3) is 7.23. The number of nitrogens with one attached hydrogen (secondary N) is 1. The fourth-order valence-electron chi connectivity index (χ4n) is 1.07. The van der Waals surface area contributed by atoms with Crippen molar-refractivity contribution in [1.29, 1.82) is 0 Å². The smallest absolute Gasteiger partial charge is 0.408 e. The van der Waals surface area contributed by atoms with Crippen LogP contribution in [0.5, 0.6) is 0 Å². The molecule has 0 bridgehead atoms. The topological polar surface area (TPSA) is 64.6 Å². The number of hydrogen-bond acceptors (Lipinski definition) is 4. The molecule has 0 fully saturated rings. The zero-order chi connectivity index (χ0) is 13.5. The Bertz CT molecular complexity index is 311. The summed E-state index contributed by atoms with van der Waals surface area (Å²) in [5.41, 5.74) is -0.614. The number of methoxy groups -OCH3 is 1. The molecule has 0 aliphatic rings.